The van der Waals surface area contributed by atoms with E-state index in [1.165, 1.54) is 15.4 Å². The van der Waals surface area contributed by atoms with Gasteiger partial charge in [-0.15, -0.1) is 0 Å². The number of benzene rings is 2. The van der Waals surface area contributed by atoms with Gasteiger partial charge in [0, 0.05) is 48.1 Å². The molecule has 1 saturated heterocycles. The molecule has 0 atom stereocenters. The zero-order valence-corrected chi connectivity index (χ0v) is 16.7. The highest BCUT2D eigenvalue weighted by molar-refractivity contribution is 7.99. The Morgan fingerprint density at radius 2 is 1.64 bits per heavy atom. The van der Waals surface area contributed by atoms with Crippen LogP contribution in [0.15, 0.2) is 63.3 Å². The highest BCUT2D eigenvalue weighted by Gasteiger charge is 2.24. The van der Waals surface area contributed by atoms with E-state index in [1.54, 1.807) is 11.8 Å². The summed E-state index contributed by atoms with van der Waals surface area (Å²) < 4.78 is 5.40. The minimum atomic E-state index is 0. The third-order valence-corrected chi connectivity index (χ3v) is 6.04. The summed E-state index contributed by atoms with van der Waals surface area (Å²) in [5, 5.41) is 8.79. The Hall–Kier alpha value is -1.90. The smallest absolute Gasteiger partial charge is 0.137 e. The van der Waals surface area contributed by atoms with Crippen molar-refractivity contribution in [3.63, 3.8) is 0 Å². The van der Waals surface area contributed by atoms with E-state index >= 15 is 0 Å². The van der Waals surface area contributed by atoms with Gasteiger partial charge in [0.15, 0.2) is 0 Å². The number of rotatable bonds is 5. The molecule has 28 heavy (non-hydrogen) atoms. The summed E-state index contributed by atoms with van der Waals surface area (Å²) in [6.45, 7) is 6.01. The summed E-state index contributed by atoms with van der Waals surface area (Å²) >= 11 is 1.80. The van der Waals surface area contributed by atoms with Crippen LogP contribution in [-0.4, -0.2) is 78.8 Å². The Morgan fingerprint density at radius 3 is 2.43 bits per heavy atom. The van der Waals surface area contributed by atoms with Gasteiger partial charge in [-0.3, -0.25) is 4.90 Å². The second-order valence-electron chi connectivity index (χ2n) is 6.67. The number of aliphatic imine (C=N–C) groups is 1. The van der Waals surface area contributed by atoms with Crippen molar-refractivity contribution in [1.82, 2.24) is 9.80 Å². The molecule has 0 unspecified atom stereocenters. The molecule has 0 spiro atoms. The first kappa shape index (κ1) is 20.8. The van der Waals surface area contributed by atoms with E-state index in [4.69, 9.17) is 14.8 Å². The zero-order valence-electron chi connectivity index (χ0n) is 15.9. The topological polar surface area (TPSA) is 79.8 Å². The van der Waals surface area contributed by atoms with Gasteiger partial charge in [-0.2, -0.15) is 0 Å². The normalized spacial score (nSPS) is 16.5. The molecule has 0 saturated carbocycles. The molecule has 3 N–H and O–H groups in total. The highest BCUT2D eigenvalue weighted by Crippen LogP contribution is 2.40. The van der Waals surface area contributed by atoms with E-state index in [-0.39, 0.29) is 12.1 Å². The average Bonchev–Trinajstić information content (AvgIpc) is 2.88. The Bertz CT molecular complexity index is 807. The van der Waals surface area contributed by atoms with Crippen molar-refractivity contribution in [2.45, 2.75) is 9.79 Å². The monoisotopic (exact) mass is 401 g/mol. The molecular weight excluding hydrogens is 374 g/mol. The van der Waals surface area contributed by atoms with Crippen LogP contribution in [-0.2, 0) is 4.74 Å². The van der Waals surface area contributed by atoms with Crippen LogP contribution in [0.4, 0.5) is 5.69 Å². The number of hydrogen-bond donors (Lipinski definition) is 1. The van der Waals surface area contributed by atoms with Crippen molar-refractivity contribution in [3.8, 4) is 0 Å². The maximum atomic E-state index is 8.79. The van der Waals surface area contributed by atoms with Crippen LogP contribution in [0.5, 0.6) is 0 Å². The first-order valence-electron chi connectivity index (χ1n) is 9.46. The summed E-state index contributed by atoms with van der Waals surface area (Å²) in [6.07, 6.45) is 0. The number of ether oxygens (including phenoxy) is 1. The van der Waals surface area contributed by atoms with Crippen LogP contribution in [0.25, 0.3) is 0 Å². The van der Waals surface area contributed by atoms with Crippen LogP contribution < -0.4 is 0 Å². The molecule has 2 aromatic carbocycles. The van der Waals surface area contributed by atoms with Gasteiger partial charge in [0.05, 0.1) is 25.5 Å². The van der Waals surface area contributed by atoms with E-state index in [0.717, 1.165) is 44.2 Å². The average molecular weight is 402 g/mol. The SMILES string of the molecule is O.OCCOCCN1CCN(C2=Nc3ccccc3Sc3ccccc32)CC1. The second kappa shape index (κ2) is 10.0. The largest absolute Gasteiger partial charge is 0.412 e. The minimum Gasteiger partial charge on any atom is -0.412 e. The molecule has 0 aromatic heterocycles. The summed E-state index contributed by atoms with van der Waals surface area (Å²) in [5.41, 5.74) is 2.27. The third-order valence-electron chi connectivity index (χ3n) is 4.90. The molecule has 0 bridgehead atoms. The van der Waals surface area contributed by atoms with Crippen molar-refractivity contribution in [2.75, 3.05) is 52.5 Å². The molecule has 4 rings (SSSR count). The molecule has 0 amide bonds. The Kier molecular flexibility index (Phi) is 7.47. The van der Waals surface area contributed by atoms with E-state index < -0.39 is 0 Å². The van der Waals surface area contributed by atoms with Crippen molar-refractivity contribution < 1.29 is 15.3 Å². The Balaban J connectivity index is 0.00000225. The fourth-order valence-electron chi connectivity index (χ4n) is 3.45. The number of piperazine rings is 1. The summed E-state index contributed by atoms with van der Waals surface area (Å²) in [5.74, 6) is 1.08. The highest BCUT2D eigenvalue weighted by atomic mass is 32.2. The second-order valence-corrected chi connectivity index (χ2v) is 7.75. The van der Waals surface area contributed by atoms with E-state index in [2.05, 4.69) is 58.3 Å². The number of aliphatic hydroxyl groups excluding tert-OH is 1. The van der Waals surface area contributed by atoms with Gasteiger partial charge in [0.2, 0.25) is 0 Å². The van der Waals surface area contributed by atoms with Gasteiger partial charge >= 0.3 is 0 Å². The van der Waals surface area contributed by atoms with Gasteiger partial charge < -0.3 is 20.2 Å². The third kappa shape index (κ3) is 4.74. The lowest BCUT2D eigenvalue weighted by Crippen LogP contribution is -2.49. The molecule has 2 aliphatic heterocycles. The van der Waals surface area contributed by atoms with Gasteiger partial charge in [0.25, 0.3) is 0 Å². The number of fused-ring (bicyclic) bond motifs is 2. The number of amidine groups is 1. The maximum absolute atomic E-state index is 8.79. The van der Waals surface area contributed by atoms with Crippen LogP contribution in [0.1, 0.15) is 5.56 Å². The van der Waals surface area contributed by atoms with Gasteiger partial charge in [-0.25, -0.2) is 4.99 Å². The lowest BCUT2D eigenvalue weighted by molar-refractivity contribution is 0.0652. The maximum Gasteiger partial charge on any atom is 0.137 e. The van der Waals surface area contributed by atoms with Gasteiger partial charge in [0.1, 0.15) is 5.84 Å². The van der Waals surface area contributed by atoms with E-state index in [9.17, 15) is 0 Å². The molecule has 2 aromatic rings. The van der Waals surface area contributed by atoms with Crippen LogP contribution >= 0.6 is 11.8 Å². The van der Waals surface area contributed by atoms with Crippen LogP contribution in [0, 0.1) is 0 Å². The first-order valence-corrected chi connectivity index (χ1v) is 10.3. The van der Waals surface area contributed by atoms with Crippen molar-refractivity contribution >= 4 is 23.3 Å². The summed E-state index contributed by atoms with van der Waals surface area (Å²) in [7, 11) is 0. The van der Waals surface area contributed by atoms with Crippen molar-refractivity contribution in [1.29, 1.82) is 0 Å². The minimum absolute atomic E-state index is 0. The van der Waals surface area contributed by atoms with Gasteiger partial charge in [-0.1, -0.05) is 42.1 Å². The van der Waals surface area contributed by atoms with Crippen molar-refractivity contribution in [2.24, 2.45) is 4.99 Å². The number of para-hydroxylation sites is 1. The molecule has 0 radical (unpaired) electrons. The van der Waals surface area contributed by atoms with E-state index in [0.29, 0.717) is 13.2 Å². The Labute approximate surface area is 170 Å². The number of hydrogen-bond acceptors (Lipinski definition) is 6. The summed E-state index contributed by atoms with van der Waals surface area (Å²) in [4.78, 5) is 12.4. The fraction of sp³-hybridized carbons (Fsp3) is 0.381. The molecule has 2 heterocycles. The summed E-state index contributed by atoms with van der Waals surface area (Å²) in [6, 6.07) is 16.9. The predicted molar refractivity (Wildman–Crippen MR) is 113 cm³/mol. The first-order chi connectivity index (χ1) is 13.3. The molecule has 0 aliphatic carbocycles. The molecule has 7 heteroatoms. The molecule has 6 nitrogen and oxygen atoms in total. The lowest BCUT2D eigenvalue weighted by Gasteiger charge is -2.36. The van der Waals surface area contributed by atoms with Crippen LogP contribution in [0.2, 0.25) is 0 Å². The number of nitrogens with zero attached hydrogens (tertiary/aromatic N) is 3. The number of aliphatic hydroxyl groups is 1. The van der Waals surface area contributed by atoms with Gasteiger partial charge in [-0.05, 0) is 18.2 Å². The van der Waals surface area contributed by atoms with Crippen molar-refractivity contribution in [3.05, 3.63) is 54.1 Å². The molecule has 1 fully saturated rings. The fourth-order valence-corrected chi connectivity index (χ4v) is 4.47. The standard InChI is InChI=1S/C21H25N3O2S.H2O/c25-14-16-26-15-13-23-9-11-24(12-10-23)21-17-5-1-3-7-19(17)27-20-8-4-2-6-18(20)22-21;/h1-8,25H,9-16H2;1H2. The van der Waals surface area contributed by atoms with E-state index in [1.807, 2.05) is 0 Å². The molecule has 150 valence electrons. The predicted octanol–water partition coefficient (Wildman–Crippen LogP) is 2.03. The lowest BCUT2D eigenvalue weighted by atomic mass is 10.1. The van der Waals surface area contributed by atoms with Crippen LogP contribution in [0.3, 0.4) is 0 Å². The Morgan fingerprint density at radius 1 is 0.929 bits per heavy atom. The quantitative estimate of drug-likeness (QED) is 0.776. The molecule has 2 aliphatic rings. The zero-order chi connectivity index (χ0) is 18.5. The molecular formula is C21H27N3O3S.